The van der Waals surface area contributed by atoms with Crippen molar-refractivity contribution in [3.63, 3.8) is 0 Å². The highest BCUT2D eigenvalue weighted by Gasteiger charge is 2.06. The van der Waals surface area contributed by atoms with Crippen molar-refractivity contribution in [2.24, 2.45) is 0 Å². The molecule has 0 unspecified atom stereocenters. The largest absolute Gasteiger partial charge is 0.494 e. The maximum Gasteiger partial charge on any atom is 0.147 e. The standard InChI is InChI=1S/C13H11BrClNO2/c1-17-13-7-9(3-5-11(13)16)18-12-6-8(14)2-4-10(12)15/h2-7H,16H2,1H3. The number of ether oxygens (including phenoxy) is 2. The molecule has 18 heavy (non-hydrogen) atoms. The van der Waals surface area contributed by atoms with Crippen molar-refractivity contribution in [3.8, 4) is 17.2 Å². The van der Waals surface area contributed by atoms with Crippen molar-refractivity contribution >= 4 is 33.2 Å². The highest BCUT2D eigenvalue weighted by Crippen LogP contribution is 2.34. The first-order chi connectivity index (χ1) is 8.60. The maximum atomic E-state index is 6.05. The molecule has 0 aliphatic heterocycles. The summed E-state index contributed by atoms with van der Waals surface area (Å²) in [5, 5.41) is 0.536. The summed E-state index contributed by atoms with van der Waals surface area (Å²) in [4.78, 5) is 0. The molecule has 94 valence electrons. The van der Waals surface area contributed by atoms with Gasteiger partial charge in [0.15, 0.2) is 0 Å². The minimum Gasteiger partial charge on any atom is -0.494 e. The van der Waals surface area contributed by atoms with E-state index in [0.717, 1.165) is 4.47 Å². The molecule has 0 aliphatic rings. The fourth-order valence-corrected chi connectivity index (χ4v) is 1.93. The van der Waals surface area contributed by atoms with E-state index in [1.54, 1.807) is 37.4 Å². The molecule has 3 nitrogen and oxygen atoms in total. The van der Waals surface area contributed by atoms with Crippen LogP contribution in [0.2, 0.25) is 5.02 Å². The third-order valence-electron chi connectivity index (χ3n) is 2.33. The predicted octanol–water partition coefficient (Wildman–Crippen LogP) is 4.49. The van der Waals surface area contributed by atoms with Crippen LogP contribution < -0.4 is 15.2 Å². The Morgan fingerprint density at radius 3 is 2.61 bits per heavy atom. The van der Waals surface area contributed by atoms with Crippen molar-refractivity contribution in [3.05, 3.63) is 45.9 Å². The lowest BCUT2D eigenvalue weighted by molar-refractivity contribution is 0.411. The number of benzene rings is 2. The highest BCUT2D eigenvalue weighted by molar-refractivity contribution is 9.10. The van der Waals surface area contributed by atoms with Gasteiger partial charge in [-0.1, -0.05) is 27.5 Å². The second kappa shape index (κ2) is 5.50. The van der Waals surface area contributed by atoms with Gasteiger partial charge in [0, 0.05) is 10.5 Å². The van der Waals surface area contributed by atoms with Crippen LogP contribution in [-0.4, -0.2) is 7.11 Å². The average molecular weight is 329 g/mol. The van der Waals surface area contributed by atoms with Crippen LogP contribution in [0, 0.1) is 0 Å². The zero-order valence-electron chi connectivity index (χ0n) is 9.61. The smallest absolute Gasteiger partial charge is 0.147 e. The maximum absolute atomic E-state index is 6.05. The molecule has 2 rings (SSSR count). The SMILES string of the molecule is COc1cc(Oc2cc(Br)ccc2Cl)ccc1N. The van der Waals surface area contributed by atoms with Crippen molar-refractivity contribution < 1.29 is 9.47 Å². The lowest BCUT2D eigenvalue weighted by Crippen LogP contribution is -1.93. The summed E-state index contributed by atoms with van der Waals surface area (Å²) in [6, 6.07) is 10.6. The summed E-state index contributed by atoms with van der Waals surface area (Å²) in [6.45, 7) is 0. The van der Waals surface area contributed by atoms with Crippen molar-refractivity contribution in [1.82, 2.24) is 0 Å². The van der Waals surface area contributed by atoms with Gasteiger partial charge >= 0.3 is 0 Å². The number of anilines is 1. The first-order valence-electron chi connectivity index (χ1n) is 5.16. The number of hydrogen-bond acceptors (Lipinski definition) is 3. The van der Waals surface area contributed by atoms with Gasteiger partial charge in [-0.15, -0.1) is 0 Å². The molecule has 0 heterocycles. The molecule has 0 atom stereocenters. The van der Waals surface area contributed by atoms with Crippen LogP contribution in [0.25, 0.3) is 0 Å². The predicted molar refractivity (Wildman–Crippen MR) is 76.6 cm³/mol. The van der Waals surface area contributed by atoms with E-state index in [1.165, 1.54) is 0 Å². The van der Waals surface area contributed by atoms with Gasteiger partial charge in [0.25, 0.3) is 0 Å². The van der Waals surface area contributed by atoms with E-state index in [0.29, 0.717) is 28.0 Å². The summed E-state index contributed by atoms with van der Waals surface area (Å²) < 4.78 is 11.7. The Hall–Kier alpha value is -1.39. The highest BCUT2D eigenvalue weighted by atomic mass is 79.9. The molecule has 0 aromatic heterocycles. The lowest BCUT2D eigenvalue weighted by Gasteiger charge is -2.10. The number of halogens is 2. The topological polar surface area (TPSA) is 44.5 Å². The Balaban J connectivity index is 2.31. The van der Waals surface area contributed by atoms with Crippen LogP contribution in [0.15, 0.2) is 40.9 Å². The molecular weight excluding hydrogens is 318 g/mol. The minimum atomic E-state index is 0.536. The van der Waals surface area contributed by atoms with Crippen LogP contribution in [0.3, 0.4) is 0 Å². The summed E-state index contributed by atoms with van der Waals surface area (Å²) >= 11 is 9.42. The molecule has 0 bridgehead atoms. The van der Waals surface area contributed by atoms with Crippen molar-refractivity contribution in [1.29, 1.82) is 0 Å². The summed E-state index contributed by atoms with van der Waals surface area (Å²) in [6.07, 6.45) is 0. The summed E-state index contributed by atoms with van der Waals surface area (Å²) in [5.41, 5.74) is 6.29. The fourth-order valence-electron chi connectivity index (χ4n) is 1.44. The molecule has 0 aliphatic carbocycles. The van der Waals surface area contributed by atoms with Crippen LogP contribution >= 0.6 is 27.5 Å². The Morgan fingerprint density at radius 1 is 1.11 bits per heavy atom. The van der Waals surface area contributed by atoms with Crippen LogP contribution in [0.5, 0.6) is 17.2 Å². The number of methoxy groups -OCH3 is 1. The van der Waals surface area contributed by atoms with E-state index < -0.39 is 0 Å². The molecule has 0 amide bonds. The van der Waals surface area contributed by atoms with E-state index in [-0.39, 0.29) is 0 Å². The quantitative estimate of drug-likeness (QED) is 0.845. The van der Waals surface area contributed by atoms with Gasteiger partial charge in [-0.3, -0.25) is 0 Å². The van der Waals surface area contributed by atoms with Gasteiger partial charge in [0.05, 0.1) is 17.8 Å². The van der Waals surface area contributed by atoms with Crippen LogP contribution in [0.4, 0.5) is 5.69 Å². The second-order valence-electron chi connectivity index (χ2n) is 3.58. The Bertz CT molecular complexity index is 575. The van der Waals surface area contributed by atoms with Gasteiger partial charge in [-0.05, 0) is 30.3 Å². The summed E-state index contributed by atoms with van der Waals surface area (Å²) in [7, 11) is 1.56. The molecular formula is C13H11BrClNO2. The number of nitrogens with two attached hydrogens (primary N) is 1. The van der Waals surface area contributed by atoms with E-state index in [9.17, 15) is 0 Å². The first-order valence-corrected chi connectivity index (χ1v) is 6.33. The molecule has 0 fully saturated rings. The normalized spacial score (nSPS) is 10.2. The van der Waals surface area contributed by atoms with E-state index in [1.807, 2.05) is 6.07 Å². The van der Waals surface area contributed by atoms with Crippen LogP contribution in [-0.2, 0) is 0 Å². The summed E-state index contributed by atoms with van der Waals surface area (Å²) in [5.74, 6) is 1.75. The van der Waals surface area contributed by atoms with Gasteiger partial charge in [0.1, 0.15) is 17.2 Å². The molecule has 0 radical (unpaired) electrons. The molecule has 5 heteroatoms. The second-order valence-corrected chi connectivity index (χ2v) is 4.90. The van der Waals surface area contributed by atoms with Crippen LogP contribution in [0.1, 0.15) is 0 Å². The first kappa shape index (κ1) is 13.1. The lowest BCUT2D eigenvalue weighted by atomic mass is 10.3. The molecule has 0 saturated carbocycles. The zero-order valence-corrected chi connectivity index (χ0v) is 12.0. The Labute approximate surface area is 119 Å². The Morgan fingerprint density at radius 2 is 1.89 bits per heavy atom. The molecule has 0 saturated heterocycles. The minimum absolute atomic E-state index is 0.536. The third-order valence-corrected chi connectivity index (χ3v) is 3.13. The van der Waals surface area contributed by atoms with Gasteiger partial charge in [0.2, 0.25) is 0 Å². The molecule has 0 spiro atoms. The van der Waals surface area contributed by atoms with Crippen molar-refractivity contribution in [2.75, 3.05) is 12.8 Å². The molecule has 2 N–H and O–H groups in total. The molecule has 2 aromatic carbocycles. The number of rotatable bonds is 3. The monoisotopic (exact) mass is 327 g/mol. The number of hydrogen-bond donors (Lipinski definition) is 1. The van der Waals surface area contributed by atoms with Gasteiger partial charge in [-0.2, -0.15) is 0 Å². The zero-order chi connectivity index (χ0) is 13.1. The van der Waals surface area contributed by atoms with Crippen molar-refractivity contribution in [2.45, 2.75) is 0 Å². The molecule has 2 aromatic rings. The van der Waals surface area contributed by atoms with E-state index in [2.05, 4.69) is 15.9 Å². The van der Waals surface area contributed by atoms with E-state index >= 15 is 0 Å². The fraction of sp³-hybridized carbons (Fsp3) is 0.0769. The average Bonchev–Trinajstić information content (AvgIpc) is 2.36. The van der Waals surface area contributed by atoms with E-state index in [4.69, 9.17) is 26.8 Å². The van der Waals surface area contributed by atoms with Gasteiger partial charge < -0.3 is 15.2 Å². The number of nitrogen functional groups attached to an aromatic ring is 1. The third kappa shape index (κ3) is 2.89. The van der Waals surface area contributed by atoms with Gasteiger partial charge in [-0.25, -0.2) is 0 Å². The Kier molecular flexibility index (Phi) is 3.99.